The lowest BCUT2D eigenvalue weighted by Crippen LogP contribution is -2.23. The molecule has 0 unspecified atom stereocenters. The largest absolute Gasteiger partial charge is 0.480 e. The number of carboxylic acids is 1. The molecule has 1 fully saturated rings. The van der Waals surface area contributed by atoms with Gasteiger partial charge in [0.25, 0.3) is 5.91 Å². The molecular weight excluding hydrogens is 386 g/mol. The van der Waals surface area contributed by atoms with Crippen molar-refractivity contribution in [3.05, 3.63) is 70.8 Å². The zero-order valence-corrected chi connectivity index (χ0v) is 16.8. The summed E-state index contributed by atoms with van der Waals surface area (Å²) in [5.41, 5.74) is 3.56. The smallest absolute Gasteiger partial charge is 0.323 e. The molecule has 0 spiro atoms. The first kappa shape index (κ1) is 19.0. The zero-order chi connectivity index (χ0) is 20.5. The van der Waals surface area contributed by atoms with E-state index in [9.17, 15) is 14.7 Å². The molecule has 0 saturated carbocycles. The summed E-state index contributed by atoms with van der Waals surface area (Å²) in [5, 5.41) is 10.7. The molecule has 1 amide bonds. The minimum Gasteiger partial charge on any atom is -0.480 e. The average molecular weight is 405 g/mol. The van der Waals surface area contributed by atoms with Crippen LogP contribution in [0.15, 0.2) is 64.6 Å². The van der Waals surface area contributed by atoms with E-state index in [-0.39, 0.29) is 12.5 Å². The highest BCUT2D eigenvalue weighted by atomic mass is 32.2. The molecule has 1 aromatic heterocycles. The van der Waals surface area contributed by atoms with Gasteiger partial charge in [-0.15, -0.1) is 0 Å². The third-order valence-electron chi connectivity index (χ3n) is 4.67. The monoisotopic (exact) mass is 405 g/mol. The van der Waals surface area contributed by atoms with Crippen LogP contribution in [0.5, 0.6) is 0 Å². The molecule has 1 N–H and O–H groups in total. The van der Waals surface area contributed by atoms with Crippen molar-refractivity contribution in [1.82, 2.24) is 9.47 Å². The Labute approximate surface area is 172 Å². The second-order valence-electron chi connectivity index (χ2n) is 6.83. The number of aliphatic imine (C=N–C) groups is 1. The molecule has 7 heteroatoms. The molecule has 6 nitrogen and oxygen atoms in total. The van der Waals surface area contributed by atoms with Crippen LogP contribution < -0.4 is 0 Å². The number of rotatable bonds is 4. The van der Waals surface area contributed by atoms with Crippen LogP contribution in [0.4, 0.5) is 5.69 Å². The molecule has 0 bridgehead atoms. The number of hydrogen-bond donors (Lipinski definition) is 1. The lowest BCUT2D eigenvalue weighted by Gasteiger charge is -2.07. The van der Waals surface area contributed by atoms with Crippen molar-refractivity contribution >= 4 is 51.5 Å². The Hall–Kier alpha value is -3.32. The molecule has 1 aliphatic heterocycles. The zero-order valence-electron chi connectivity index (χ0n) is 16.0. The predicted octanol–water partition coefficient (Wildman–Crippen LogP) is 4.27. The van der Waals surface area contributed by atoms with Gasteiger partial charge < -0.3 is 9.67 Å². The van der Waals surface area contributed by atoms with Gasteiger partial charge in [-0.25, -0.2) is 4.99 Å². The van der Waals surface area contributed by atoms with E-state index in [1.807, 2.05) is 61.5 Å². The molecular formula is C22H19N3O3S. The fraction of sp³-hybridized carbons (Fsp3) is 0.136. The summed E-state index contributed by atoms with van der Waals surface area (Å²) in [4.78, 5) is 30.6. The van der Waals surface area contributed by atoms with Gasteiger partial charge in [-0.3, -0.25) is 14.5 Å². The number of carbonyl (C=O) groups is 2. The highest BCUT2D eigenvalue weighted by Gasteiger charge is 2.30. The first-order valence-electron chi connectivity index (χ1n) is 9.05. The van der Waals surface area contributed by atoms with Crippen LogP contribution in [-0.4, -0.2) is 38.7 Å². The molecule has 0 aliphatic carbocycles. The first-order chi connectivity index (χ1) is 13.9. The third kappa shape index (κ3) is 3.82. The van der Waals surface area contributed by atoms with E-state index in [0.29, 0.717) is 10.1 Å². The summed E-state index contributed by atoms with van der Waals surface area (Å²) in [6.07, 6.45) is 3.58. The SMILES string of the molecule is Cc1ccc(N=C2SC(=Cc3cn(CC(=O)O)c4ccccc34)C(=O)N2C)cc1. The van der Waals surface area contributed by atoms with E-state index in [0.717, 1.165) is 27.7 Å². The van der Waals surface area contributed by atoms with Gasteiger partial charge in [0.05, 0.1) is 10.6 Å². The van der Waals surface area contributed by atoms with Crippen molar-refractivity contribution in [2.75, 3.05) is 7.05 Å². The van der Waals surface area contributed by atoms with E-state index in [1.165, 1.54) is 16.7 Å². The quantitative estimate of drug-likeness (QED) is 0.658. The van der Waals surface area contributed by atoms with Gasteiger partial charge in [0.1, 0.15) is 6.54 Å². The fourth-order valence-electron chi connectivity index (χ4n) is 3.19. The van der Waals surface area contributed by atoms with E-state index < -0.39 is 5.97 Å². The van der Waals surface area contributed by atoms with Gasteiger partial charge in [-0.1, -0.05) is 35.9 Å². The number of carboxylic acid groups (broad SMARTS) is 1. The van der Waals surface area contributed by atoms with Crippen LogP contribution in [0.3, 0.4) is 0 Å². The van der Waals surface area contributed by atoms with Crippen LogP contribution in [0.2, 0.25) is 0 Å². The summed E-state index contributed by atoms with van der Waals surface area (Å²) in [7, 11) is 1.71. The molecule has 1 aliphatic rings. The van der Waals surface area contributed by atoms with Gasteiger partial charge in [0.2, 0.25) is 0 Å². The maximum atomic E-state index is 12.7. The second kappa shape index (κ2) is 7.60. The van der Waals surface area contributed by atoms with Crippen molar-refractivity contribution in [3.63, 3.8) is 0 Å². The number of carbonyl (C=O) groups excluding carboxylic acids is 1. The fourth-order valence-corrected chi connectivity index (χ4v) is 4.17. The number of nitrogens with zero attached hydrogens (tertiary/aromatic N) is 3. The lowest BCUT2D eigenvalue weighted by molar-refractivity contribution is -0.137. The van der Waals surface area contributed by atoms with Gasteiger partial charge in [-0.05, 0) is 43.0 Å². The molecule has 0 atom stereocenters. The number of amidine groups is 1. The molecule has 3 aromatic rings. The minimum absolute atomic E-state index is 0.129. The molecule has 1 saturated heterocycles. The van der Waals surface area contributed by atoms with Gasteiger partial charge >= 0.3 is 5.97 Å². The van der Waals surface area contributed by atoms with E-state index in [2.05, 4.69) is 4.99 Å². The van der Waals surface area contributed by atoms with E-state index >= 15 is 0 Å². The molecule has 29 heavy (non-hydrogen) atoms. The molecule has 4 rings (SSSR count). The second-order valence-corrected chi connectivity index (χ2v) is 7.84. The van der Waals surface area contributed by atoms with Crippen LogP contribution in [-0.2, 0) is 16.1 Å². The lowest BCUT2D eigenvalue weighted by atomic mass is 10.1. The number of likely N-dealkylation sites (N-methyl/N-ethyl adjacent to an activating group) is 1. The number of para-hydroxylation sites is 1. The van der Waals surface area contributed by atoms with Crippen molar-refractivity contribution in [2.45, 2.75) is 13.5 Å². The highest BCUT2D eigenvalue weighted by molar-refractivity contribution is 8.18. The maximum Gasteiger partial charge on any atom is 0.323 e. The van der Waals surface area contributed by atoms with Crippen molar-refractivity contribution in [2.24, 2.45) is 4.99 Å². The Balaban J connectivity index is 1.71. The minimum atomic E-state index is -0.913. The normalized spacial score (nSPS) is 17.0. The number of fused-ring (bicyclic) bond motifs is 1. The maximum absolute atomic E-state index is 12.7. The number of aliphatic carboxylic acids is 1. The van der Waals surface area contributed by atoms with Crippen LogP contribution in [0.1, 0.15) is 11.1 Å². The van der Waals surface area contributed by atoms with Gasteiger partial charge in [0.15, 0.2) is 5.17 Å². The Bertz CT molecular complexity index is 1180. The summed E-state index contributed by atoms with van der Waals surface area (Å²) < 4.78 is 1.68. The summed E-state index contributed by atoms with van der Waals surface area (Å²) in [6, 6.07) is 15.4. The Morgan fingerprint density at radius 3 is 2.62 bits per heavy atom. The Morgan fingerprint density at radius 1 is 1.17 bits per heavy atom. The standard InChI is InChI=1S/C22H19N3O3S/c1-14-7-9-16(10-8-14)23-22-24(2)21(28)19(29-22)11-15-12-25(13-20(26)27)18-6-4-3-5-17(15)18/h3-12H,13H2,1-2H3,(H,26,27). The van der Waals surface area contributed by atoms with Gasteiger partial charge in [-0.2, -0.15) is 0 Å². The summed E-state index contributed by atoms with van der Waals surface area (Å²) in [6.45, 7) is 1.88. The number of thioether (sulfide) groups is 1. The Morgan fingerprint density at radius 2 is 1.90 bits per heavy atom. The number of amides is 1. The third-order valence-corrected chi connectivity index (χ3v) is 5.73. The molecule has 0 radical (unpaired) electrons. The summed E-state index contributed by atoms with van der Waals surface area (Å²) in [5.74, 6) is -1.04. The van der Waals surface area contributed by atoms with E-state index in [1.54, 1.807) is 17.8 Å². The topological polar surface area (TPSA) is 74.9 Å². The van der Waals surface area contributed by atoms with Crippen LogP contribution >= 0.6 is 11.8 Å². The van der Waals surface area contributed by atoms with Crippen molar-refractivity contribution < 1.29 is 14.7 Å². The predicted molar refractivity (Wildman–Crippen MR) is 116 cm³/mol. The highest BCUT2D eigenvalue weighted by Crippen LogP contribution is 2.34. The number of hydrogen-bond acceptors (Lipinski definition) is 4. The van der Waals surface area contributed by atoms with Crippen LogP contribution in [0, 0.1) is 6.92 Å². The van der Waals surface area contributed by atoms with Crippen LogP contribution in [0.25, 0.3) is 17.0 Å². The Kier molecular flexibility index (Phi) is 4.98. The number of aromatic nitrogens is 1. The average Bonchev–Trinajstić information content (AvgIpc) is 3.16. The molecule has 2 aromatic carbocycles. The number of benzene rings is 2. The van der Waals surface area contributed by atoms with E-state index in [4.69, 9.17) is 0 Å². The number of aryl methyl sites for hydroxylation is 1. The van der Waals surface area contributed by atoms with Gasteiger partial charge in [0, 0.05) is 29.7 Å². The van der Waals surface area contributed by atoms with Crippen molar-refractivity contribution in [3.8, 4) is 0 Å². The van der Waals surface area contributed by atoms with Crippen molar-refractivity contribution in [1.29, 1.82) is 0 Å². The molecule has 2 heterocycles. The molecule has 146 valence electrons. The first-order valence-corrected chi connectivity index (χ1v) is 9.86. The summed E-state index contributed by atoms with van der Waals surface area (Å²) >= 11 is 1.31.